The number of nitrogens with two attached hydrogens (primary N) is 1. The highest BCUT2D eigenvalue weighted by atomic mass is 16.7. The van der Waals surface area contributed by atoms with Crippen molar-refractivity contribution in [2.24, 2.45) is 5.73 Å². The number of hydrogen-bond acceptors (Lipinski definition) is 26. The van der Waals surface area contributed by atoms with Gasteiger partial charge in [0.2, 0.25) is 23.6 Å². The van der Waals surface area contributed by atoms with Gasteiger partial charge in [0, 0.05) is 70.5 Å². The van der Waals surface area contributed by atoms with Crippen molar-refractivity contribution in [1.82, 2.24) is 42.8 Å². The van der Waals surface area contributed by atoms with Gasteiger partial charge in [0.25, 0.3) is 17.7 Å². The Bertz CT molecular complexity index is 2600. The van der Waals surface area contributed by atoms with Crippen molar-refractivity contribution in [3.8, 4) is 22.6 Å². The Morgan fingerprint density at radius 2 is 0.926 bits per heavy atom. The Balaban J connectivity index is 1.16. The van der Waals surface area contributed by atoms with E-state index in [2.05, 4.69) is 42.8 Å². The molecule has 0 saturated carbocycles. The number of amides is 7. The monoisotopic (exact) mass is 1340 g/mol. The summed E-state index contributed by atoms with van der Waals surface area (Å²) in [7, 11) is 0. The third-order valence-corrected chi connectivity index (χ3v) is 14.3. The zero-order valence-corrected chi connectivity index (χ0v) is 53.6. The molecule has 2 aromatic rings. The molecule has 2 fully saturated rings. The normalized spacial score (nSPS) is 21.3. The highest BCUT2D eigenvalue weighted by Crippen LogP contribution is 2.29. The Hall–Kier alpha value is -6.64. The largest absolute Gasteiger partial charge is 0.484 e. The van der Waals surface area contributed by atoms with Gasteiger partial charge < -0.3 is 116 Å². The van der Waals surface area contributed by atoms with E-state index in [-0.39, 0.29) is 185 Å². The number of carbonyl (C=O) groups is 8. The molecule has 94 heavy (non-hydrogen) atoms. The molecule has 530 valence electrons. The Morgan fingerprint density at radius 3 is 1.44 bits per heavy atom. The highest BCUT2D eigenvalue weighted by Gasteiger charge is 2.43. The van der Waals surface area contributed by atoms with Crippen LogP contribution in [-0.4, -0.2) is 270 Å². The number of ether oxygens (including phenoxy) is 10. The summed E-state index contributed by atoms with van der Waals surface area (Å²) in [6.45, 7) is 6.08. The first-order valence-corrected chi connectivity index (χ1v) is 31.5. The molecule has 0 aliphatic carbocycles. The molecule has 0 radical (unpaired) electrons. The maximum Gasteiger partial charge on any atom is 0.258 e. The van der Waals surface area contributed by atoms with E-state index in [9.17, 15) is 69.0 Å². The van der Waals surface area contributed by atoms with Crippen LogP contribution in [0, 0.1) is 0 Å². The molecule has 33 heteroatoms. The number of nitrogens with one attached hydrogen (secondary N) is 8. The van der Waals surface area contributed by atoms with E-state index < -0.39 is 91.8 Å². The molecule has 2 saturated heterocycles. The molecule has 33 nitrogen and oxygen atoms in total. The van der Waals surface area contributed by atoms with Crippen LogP contribution in [0.5, 0.6) is 11.5 Å². The third kappa shape index (κ3) is 31.7. The lowest BCUT2D eigenvalue weighted by Crippen LogP contribution is -2.57. The van der Waals surface area contributed by atoms with Crippen molar-refractivity contribution in [2.75, 3.05) is 125 Å². The summed E-state index contributed by atoms with van der Waals surface area (Å²) in [5.41, 5.74) is 12.1. The maximum atomic E-state index is 13.6. The minimum atomic E-state index is -1.42. The fourth-order valence-corrected chi connectivity index (χ4v) is 8.92. The average molecular weight is 1340 g/mol. The zero-order valence-electron chi connectivity index (χ0n) is 53.6. The van der Waals surface area contributed by atoms with Gasteiger partial charge in [0.05, 0.1) is 84.3 Å². The van der Waals surface area contributed by atoms with Crippen LogP contribution in [0.25, 0.3) is 11.1 Å². The topological polar surface area (TPSA) is 473 Å². The van der Waals surface area contributed by atoms with Crippen LogP contribution in [0.4, 0.5) is 0 Å². The first kappa shape index (κ1) is 79.8. The molecule has 2 aliphatic heterocycles. The molecule has 0 spiro atoms. The van der Waals surface area contributed by atoms with Crippen LogP contribution in [0.15, 0.2) is 42.5 Å². The van der Waals surface area contributed by atoms with Gasteiger partial charge in [-0.15, -0.1) is 0 Å². The number of ketones is 1. The fourth-order valence-electron chi connectivity index (χ4n) is 8.92. The Kier molecular flexibility index (Phi) is 38.8. The van der Waals surface area contributed by atoms with E-state index in [4.69, 9.17) is 53.1 Å². The number of benzene rings is 2. The number of Topliss-reactive ketones (excluding diaryl/α,β-unsaturated/α-hetero) is 1. The van der Waals surface area contributed by atoms with Crippen LogP contribution < -0.4 is 58.0 Å². The van der Waals surface area contributed by atoms with Crippen LogP contribution in [-0.2, 0) is 71.5 Å². The van der Waals surface area contributed by atoms with Gasteiger partial charge in [-0.25, -0.2) is 5.43 Å². The predicted octanol–water partition coefficient (Wildman–Crippen LogP) is -4.17. The predicted molar refractivity (Wildman–Crippen MR) is 332 cm³/mol. The molecule has 2 heterocycles. The second kappa shape index (κ2) is 45.7. The number of hydrogen-bond donors (Lipinski definition) is 15. The van der Waals surface area contributed by atoms with E-state index in [1.807, 2.05) is 0 Å². The molecule has 2 aromatic carbocycles. The lowest BCUT2D eigenvalue weighted by molar-refractivity contribution is -0.294. The molecular weight excluding hydrogens is 1240 g/mol. The van der Waals surface area contributed by atoms with Crippen molar-refractivity contribution in [3.05, 3.63) is 48.0 Å². The molecule has 7 amide bonds. The number of hydrazine groups is 1. The van der Waals surface area contributed by atoms with Crippen molar-refractivity contribution in [2.45, 2.75) is 140 Å². The van der Waals surface area contributed by atoms with E-state index in [0.717, 1.165) is 12.8 Å². The maximum absolute atomic E-state index is 13.6. The third-order valence-electron chi connectivity index (χ3n) is 14.3. The average Bonchev–Trinajstić information content (AvgIpc) is 0.907. The smallest absolute Gasteiger partial charge is 0.258 e. The van der Waals surface area contributed by atoms with Gasteiger partial charge in [-0.1, -0.05) is 18.6 Å². The first-order chi connectivity index (χ1) is 45.2. The van der Waals surface area contributed by atoms with Crippen LogP contribution in [0.3, 0.4) is 0 Å². The molecular formula is C61H97N9O24. The van der Waals surface area contributed by atoms with E-state index in [1.54, 1.807) is 50.2 Å². The molecule has 11 atom stereocenters. The first-order valence-electron chi connectivity index (χ1n) is 31.5. The van der Waals surface area contributed by atoms with E-state index >= 15 is 0 Å². The van der Waals surface area contributed by atoms with Gasteiger partial charge in [-0.3, -0.25) is 43.8 Å². The Morgan fingerprint density at radius 1 is 0.468 bits per heavy atom. The van der Waals surface area contributed by atoms with Crippen molar-refractivity contribution in [1.29, 1.82) is 0 Å². The molecule has 4 rings (SSSR count). The standard InChI is InChI=1S/C61H97N9O24/c1-38(71)46(7-4-5-16-62)69-70-50(75)9-6-8-47(72)63-17-18-68-59(84)43-33-42(34-45(35-43)92-37-52(77)67-22-26-86-24-15-49(74)65-20-28-88-30-32-90-61-58(83)56(81)54(79)40(3)94-61)41-10-12-44(13-11-41)91-36-51(76)66-21-25-85-23-14-48(73)64-19-27-87-29-31-89-60-57(82)55(80)53(78)39(2)93-60/h10-13,33-35,39-40,46,53-58,60-61,69,78-83H,4-9,14-32,36-37,62H2,1-3H3,(H,63,72)(H,64,73)(H,65,74)(H,66,76)(H,67,77)(H,68,84)(H,70,75)/t39-,40-,46-,53-,54-,55+,56+,57+,58+,60+,61+/m0/s1. The molecule has 0 aromatic heterocycles. The number of rotatable bonds is 48. The van der Waals surface area contributed by atoms with Gasteiger partial charge in [0.15, 0.2) is 25.8 Å². The number of aliphatic hydroxyl groups is 6. The SMILES string of the molecule is CC(=O)[C@H](CCCCN)NNC(=O)CCCC(=O)NCCNC(=O)c1cc(OCC(=O)NCCOCCC(=O)NCCOCCO[C@@H]2O[C@@H](C)[C@H](O)[C@@H](O)[C@H]2O)cc(-c2ccc(OCC(=O)NCCOCCC(=O)NCCOCCO[C@@H]3O[C@@H](C)[C@H](O)[C@@H](O)[C@H]3O)cc2)c1. The van der Waals surface area contributed by atoms with Gasteiger partial charge in [0.1, 0.15) is 53.9 Å². The summed E-state index contributed by atoms with van der Waals surface area (Å²) >= 11 is 0. The van der Waals surface area contributed by atoms with Gasteiger partial charge >= 0.3 is 0 Å². The van der Waals surface area contributed by atoms with Crippen LogP contribution >= 0.6 is 0 Å². The summed E-state index contributed by atoms with van der Waals surface area (Å²) in [5.74, 6) is -2.35. The van der Waals surface area contributed by atoms with Crippen LogP contribution in [0.1, 0.15) is 82.5 Å². The fraction of sp³-hybridized carbons (Fsp3) is 0.672. The summed E-state index contributed by atoms with van der Waals surface area (Å²) < 4.78 is 54.8. The summed E-state index contributed by atoms with van der Waals surface area (Å²) in [6.07, 6.45) is -9.45. The second-order valence-corrected chi connectivity index (χ2v) is 21.9. The minimum absolute atomic E-state index is 0.0299. The van der Waals surface area contributed by atoms with E-state index in [0.29, 0.717) is 29.8 Å². The van der Waals surface area contributed by atoms with Crippen molar-refractivity contribution in [3.63, 3.8) is 0 Å². The minimum Gasteiger partial charge on any atom is -0.484 e. The number of carbonyl (C=O) groups excluding carboxylic acids is 8. The van der Waals surface area contributed by atoms with Crippen LogP contribution in [0.2, 0.25) is 0 Å². The van der Waals surface area contributed by atoms with Crippen molar-refractivity contribution < 1.29 is 116 Å². The van der Waals surface area contributed by atoms with Gasteiger partial charge in [-0.05, 0) is 88.0 Å². The Labute approximate surface area is 545 Å². The summed E-state index contributed by atoms with van der Waals surface area (Å²) in [6, 6.07) is 10.8. The second-order valence-electron chi connectivity index (χ2n) is 21.9. The molecule has 0 unspecified atom stereocenters. The van der Waals surface area contributed by atoms with E-state index in [1.165, 1.54) is 13.0 Å². The number of unbranched alkanes of at least 4 members (excludes halogenated alkanes) is 1. The molecule has 2 aliphatic rings. The van der Waals surface area contributed by atoms with Gasteiger partial charge in [-0.2, -0.15) is 0 Å². The lowest BCUT2D eigenvalue weighted by atomic mass is 10.0. The highest BCUT2D eigenvalue weighted by molar-refractivity contribution is 5.96. The summed E-state index contributed by atoms with van der Waals surface area (Å²) in [4.78, 5) is 100. The lowest BCUT2D eigenvalue weighted by Gasteiger charge is -2.38. The quantitative estimate of drug-likeness (QED) is 0.0221. The van der Waals surface area contributed by atoms with Crippen molar-refractivity contribution >= 4 is 47.1 Å². The molecule has 0 bridgehead atoms. The zero-order chi connectivity index (χ0) is 68.6. The number of aliphatic hydroxyl groups excluding tert-OH is 6. The summed E-state index contributed by atoms with van der Waals surface area (Å²) in [5, 5.41) is 75.6. The molecule has 16 N–H and O–H groups in total.